The van der Waals surface area contributed by atoms with Crippen LogP contribution in [0.1, 0.15) is 18.6 Å². The van der Waals surface area contributed by atoms with Gasteiger partial charge in [0.2, 0.25) is 0 Å². The van der Waals surface area contributed by atoms with Crippen molar-refractivity contribution in [1.29, 1.82) is 0 Å². The Balaban J connectivity index is 2.55. The van der Waals surface area contributed by atoms with Crippen LogP contribution in [0.25, 0.3) is 10.8 Å². The van der Waals surface area contributed by atoms with Crippen molar-refractivity contribution in [2.75, 3.05) is 0 Å². The van der Waals surface area contributed by atoms with E-state index >= 15 is 0 Å². The smallest absolute Gasteiger partial charge is 0.0112 e. The summed E-state index contributed by atoms with van der Waals surface area (Å²) in [6.45, 7) is 2.25. The zero-order valence-corrected chi connectivity index (χ0v) is 8.30. The maximum atomic E-state index is 2.36. The third-order valence-corrected chi connectivity index (χ3v) is 3.51. The first kappa shape index (κ1) is 7.89. The van der Waals surface area contributed by atoms with Crippen LogP contribution in [0.3, 0.4) is 0 Å². The van der Waals surface area contributed by atoms with Gasteiger partial charge in [0.25, 0.3) is 0 Å². The molecule has 1 aromatic heterocycles. The van der Waals surface area contributed by atoms with Crippen molar-refractivity contribution in [3.8, 4) is 0 Å². The Morgan fingerprint density at radius 2 is 2.08 bits per heavy atom. The van der Waals surface area contributed by atoms with E-state index in [2.05, 4.69) is 37.0 Å². The third-order valence-electron chi connectivity index (χ3n) is 2.19. The summed E-state index contributed by atoms with van der Waals surface area (Å²) >= 11 is 0. The van der Waals surface area contributed by atoms with Crippen LogP contribution in [0.4, 0.5) is 0 Å². The fraction of sp³-hybridized carbons (Fsp3) is 0.273. The van der Waals surface area contributed by atoms with Crippen LogP contribution in [0.5, 0.6) is 0 Å². The molecule has 1 heteroatoms. The summed E-state index contributed by atoms with van der Waals surface area (Å²) in [4.78, 5) is 0. The minimum atomic E-state index is 0.936. The lowest BCUT2D eigenvalue weighted by atomic mass is 10.1. The molecule has 62 valence electrons. The fourth-order valence-electron chi connectivity index (χ4n) is 1.60. The summed E-state index contributed by atoms with van der Waals surface area (Å²) < 4.78 is 0. The molecular formula is C11H13P. The van der Waals surface area contributed by atoms with Crippen LogP contribution in [0, 0.1) is 0 Å². The molecule has 1 atom stereocenters. The summed E-state index contributed by atoms with van der Waals surface area (Å²) in [6.07, 6.45) is 2.54. The van der Waals surface area contributed by atoms with Gasteiger partial charge in [-0.25, -0.2) is 0 Å². The summed E-state index contributed by atoms with van der Waals surface area (Å²) in [5.74, 6) is 2.36. The van der Waals surface area contributed by atoms with Crippen molar-refractivity contribution >= 4 is 19.0 Å². The van der Waals surface area contributed by atoms with Crippen molar-refractivity contribution in [2.24, 2.45) is 0 Å². The highest BCUT2D eigenvalue weighted by Gasteiger charge is 1.99. The molecule has 0 nitrogen and oxygen atoms in total. The van der Waals surface area contributed by atoms with Gasteiger partial charge in [0.05, 0.1) is 0 Å². The second-order valence-corrected chi connectivity index (χ2v) is 4.29. The molecule has 1 aromatic carbocycles. The summed E-state index contributed by atoms with van der Waals surface area (Å²) in [7, 11) is 0.936. The topological polar surface area (TPSA) is 0 Å². The Labute approximate surface area is 74.7 Å². The molecule has 0 N–H and O–H groups in total. The second kappa shape index (κ2) is 3.33. The van der Waals surface area contributed by atoms with Crippen molar-refractivity contribution in [3.63, 3.8) is 0 Å². The number of fused-ring (bicyclic) bond motifs is 1. The average molecular weight is 176 g/mol. The van der Waals surface area contributed by atoms with Crippen LogP contribution in [0.15, 0.2) is 30.1 Å². The lowest BCUT2D eigenvalue weighted by Gasteiger charge is -1.94. The van der Waals surface area contributed by atoms with E-state index in [1.165, 1.54) is 23.6 Å². The molecule has 12 heavy (non-hydrogen) atoms. The normalized spacial score (nSPS) is 11.4. The zero-order valence-electron chi connectivity index (χ0n) is 7.30. The maximum absolute atomic E-state index is 2.36. The lowest BCUT2D eigenvalue weighted by Crippen LogP contribution is -1.75. The zero-order chi connectivity index (χ0) is 8.39. The van der Waals surface area contributed by atoms with Crippen molar-refractivity contribution < 1.29 is 0 Å². The summed E-state index contributed by atoms with van der Waals surface area (Å²) in [5.41, 5.74) is 0. The van der Waals surface area contributed by atoms with Gasteiger partial charge < -0.3 is 0 Å². The van der Waals surface area contributed by atoms with Gasteiger partial charge in [0.1, 0.15) is 0 Å². The molecule has 0 aliphatic carbocycles. The largest absolute Gasteiger partial charge is 0.135 e. The van der Waals surface area contributed by atoms with Gasteiger partial charge in [-0.15, -0.1) is 8.19 Å². The average Bonchev–Trinajstić information content (AvgIpc) is 2.50. The molecule has 0 amide bonds. The van der Waals surface area contributed by atoms with E-state index in [1.54, 1.807) is 5.30 Å². The molecule has 0 radical (unpaired) electrons. The second-order valence-electron chi connectivity index (χ2n) is 3.10. The lowest BCUT2D eigenvalue weighted by molar-refractivity contribution is 0.946. The van der Waals surface area contributed by atoms with Crippen molar-refractivity contribution in [2.45, 2.75) is 19.8 Å². The van der Waals surface area contributed by atoms with Crippen molar-refractivity contribution in [1.82, 2.24) is 0 Å². The Morgan fingerprint density at radius 1 is 1.25 bits per heavy atom. The van der Waals surface area contributed by atoms with Gasteiger partial charge in [-0.3, -0.25) is 0 Å². The van der Waals surface area contributed by atoms with Gasteiger partial charge in [-0.1, -0.05) is 37.6 Å². The Hall–Kier alpha value is -0.740. The van der Waals surface area contributed by atoms with E-state index < -0.39 is 0 Å². The predicted octanol–water partition coefficient (Wildman–Crippen LogP) is 3.82. The third kappa shape index (κ3) is 1.28. The molecule has 0 fully saturated rings. The maximum Gasteiger partial charge on any atom is -0.0112 e. The number of benzene rings is 1. The van der Waals surface area contributed by atoms with Crippen LogP contribution in [-0.2, 0) is 6.42 Å². The van der Waals surface area contributed by atoms with E-state index in [1.807, 2.05) is 0 Å². The van der Waals surface area contributed by atoms with E-state index in [9.17, 15) is 0 Å². The SMILES string of the molecule is CCCc1[pH]cc2ccccc12. The van der Waals surface area contributed by atoms with Crippen LogP contribution in [-0.4, -0.2) is 0 Å². The van der Waals surface area contributed by atoms with E-state index in [0.29, 0.717) is 0 Å². The number of hydrogen-bond acceptors (Lipinski definition) is 0. The standard InChI is InChI=1S/C11H13P/c1-2-5-11-10-7-4-3-6-9(10)8-12-11/h3-4,6-8,12H,2,5H2,1H3. The predicted molar refractivity (Wildman–Crippen MR) is 57.4 cm³/mol. The number of hydrogen-bond donors (Lipinski definition) is 0. The van der Waals surface area contributed by atoms with Gasteiger partial charge >= 0.3 is 0 Å². The molecule has 1 unspecified atom stereocenters. The minimum absolute atomic E-state index is 0.936. The molecule has 0 saturated carbocycles. The van der Waals surface area contributed by atoms with E-state index in [-0.39, 0.29) is 0 Å². The first-order valence-electron chi connectivity index (χ1n) is 4.47. The quantitative estimate of drug-likeness (QED) is 0.652. The first-order valence-corrected chi connectivity index (χ1v) is 5.54. The van der Waals surface area contributed by atoms with Crippen LogP contribution in [0.2, 0.25) is 0 Å². The summed E-state index contributed by atoms with van der Waals surface area (Å²) in [5, 5.41) is 4.59. The van der Waals surface area contributed by atoms with Crippen molar-refractivity contribution in [3.05, 3.63) is 35.4 Å². The molecule has 0 aliphatic rings. The van der Waals surface area contributed by atoms with E-state index in [4.69, 9.17) is 0 Å². The molecule has 0 aliphatic heterocycles. The molecule has 0 saturated heterocycles. The fourth-order valence-corrected chi connectivity index (χ4v) is 2.96. The van der Waals surface area contributed by atoms with Gasteiger partial charge in [0.15, 0.2) is 0 Å². The Bertz CT molecular complexity index is 373. The highest BCUT2D eigenvalue weighted by atomic mass is 31.0. The molecule has 1 heterocycles. The number of rotatable bonds is 2. The first-order chi connectivity index (χ1) is 5.92. The molecule has 2 aromatic rings. The molecule has 0 bridgehead atoms. The van der Waals surface area contributed by atoms with E-state index in [0.717, 1.165) is 8.19 Å². The molecular weight excluding hydrogens is 163 g/mol. The number of aryl methyl sites for hydroxylation is 1. The monoisotopic (exact) mass is 176 g/mol. The molecule has 0 spiro atoms. The van der Waals surface area contributed by atoms with Crippen LogP contribution < -0.4 is 0 Å². The van der Waals surface area contributed by atoms with Crippen LogP contribution >= 0.6 is 8.19 Å². The van der Waals surface area contributed by atoms with Gasteiger partial charge in [-0.2, -0.15) is 0 Å². The van der Waals surface area contributed by atoms with Gasteiger partial charge in [0, 0.05) is 0 Å². The highest BCUT2D eigenvalue weighted by Crippen LogP contribution is 2.29. The highest BCUT2D eigenvalue weighted by molar-refractivity contribution is 7.31. The summed E-state index contributed by atoms with van der Waals surface area (Å²) in [6, 6.07) is 8.72. The minimum Gasteiger partial charge on any atom is -0.135 e. The van der Waals surface area contributed by atoms with Gasteiger partial charge in [-0.05, 0) is 28.3 Å². The molecule has 2 rings (SSSR count). The Morgan fingerprint density at radius 3 is 2.92 bits per heavy atom. The Kier molecular flexibility index (Phi) is 2.19.